The Morgan fingerprint density at radius 3 is 2.44 bits per heavy atom. The third-order valence-corrected chi connectivity index (χ3v) is 4.83. The van der Waals surface area contributed by atoms with Crippen LogP contribution in [0.15, 0.2) is 24.3 Å². The molecule has 0 atom stereocenters. The van der Waals surface area contributed by atoms with Gasteiger partial charge in [0.25, 0.3) is 0 Å². The van der Waals surface area contributed by atoms with Gasteiger partial charge in [-0.15, -0.1) is 0 Å². The molecule has 2 aromatic rings. The number of anilines is 3. The van der Waals surface area contributed by atoms with Gasteiger partial charge in [-0.25, -0.2) is 14.8 Å². The molecular formula is C20H28N6O. The summed E-state index contributed by atoms with van der Waals surface area (Å²) in [5.74, 6) is 2.50. The number of carbonyl (C=O) groups is 1. The number of aromatic nitrogens is 2. The molecule has 2 amide bonds. The quantitative estimate of drug-likeness (QED) is 0.867. The standard InChI is InChI=1S/C20H28N6O/c1-5-21-18-13-19(23-16(4)22-18)25-8-10-26(11-9-25)20(27)24-17-7-6-14(2)15(3)12-17/h6-7,12-13H,5,8-11H2,1-4H3,(H,24,27)(H,21,22,23). The lowest BCUT2D eigenvalue weighted by atomic mass is 10.1. The van der Waals surface area contributed by atoms with Crippen molar-refractivity contribution < 1.29 is 4.79 Å². The van der Waals surface area contributed by atoms with Crippen LogP contribution in [0.3, 0.4) is 0 Å². The van der Waals surface area contributed by atoms with Gasteiger partial charge in [0.15, 0.2) is 0 Å². The van der Waals surface area contributed by atoms with Gasteiger partial charge in [-0.2, -0.15) is 0 Å². The highest BCUT2D eigenvalue weighted by Gasteiger charge is 2.22. The first-order valence-electron chi connectivity index (χ1n) is 9.44. The summed E-state index contributed by atoms with van der Waals surface area (Å²) in [4.78, 5) is 25.6. The molecule has 144 valence electrons. The molecule has 7 nitrogen and oxygen atoms in total. The number of nitrogens with zero attached hydrogens (tertiary/aromatic N) is 4. The van der Waals surface area contributed by atoms with Crippen molar-refractivity contribution in [2.75, 3.05) is 48.3 Å². The summed E-state index contributed by atoms with van der Waals surface area (Å²) in [6.07, 6.45) is 0. The number of piperazine rings is 1. The van der Waals surface area contributed by atoms with Crippen LogP contribution >= 0.6 is 0 Å². The maximum Gasteiger partial charge on any atom is 0.321 e. The minimum atomic E-state index is -0.0508. The summed E-state index contributed by atoms with van der Waals surface area (Å²) in [6.45, 7) is 11.7. The van der Waals surface area contributed by atoms with Crippen molar-refractivity contribution in [3.8, 4) is 0 Å². The van der Waals surface area contributed by atoms with Crippen LogP contribution in [-0.2, 0) is 0 Å². The van der Waals surface area contributed by atoms with Gasteiger partial charge in [0.1, 0.15) is 17.5 Å². The Balaban J connectivity index is 1.59. The largest absolute Gasteiger partial charge is 0.370 e. The van der Waals surface area contributed by atoms with Gasteiger partial charge < -0.3 is 20.4 Å². The smallest absolute Gasteiger partial charge is 0.321 e. The van der Waals surface area contributed by atoms with Crippen LogP contribution < -0.4 is 15.5 Å². The van der Waals surface area contributed by atoms with E-state index < -0.39 is 0 Å². The minimum absolute atomic E-state index is 0.0508. The van der Waals surface area contributed by atoms with Crippen molar-refractivity contribution >= 4 is 23.4 Å². The second-order valence-corrected chi connectivity index (χ2v) is 6.89. The van der Waals surface area contributed by atoms with E-state index >= 15 is 0 Å². The Labute approximate surface area is 160 Å². The fourth-order valence-corrected chi connectivity index (χ4v) is 3.15. The first-order chi connectivity index (χ1) is 13.0. The van der Waals surface area contributed by atoms with E-state index in [-0.39, 0.29) is 6.03 Å². The number of nitrogens with one attached hydrogen (secondary N) is 2. The summed E-state index contributed by atoms with van der Waals surface area (Å²) in [5, 5.41) is 6.24. The van der Waals surface area contributed by atoms with Gasteiger partial charge in [0.05, 0.1) is 0 Å². The van der Waals surface area contributed by atoms with Gasteiger partial charge in [-0.3, -0.25) is 0 Å². The number of urea groups is 1. The van der Waals surface area contributed by atoms with Crippen molar-refractivity contribution in [1.29, 1.82) is 0 Å². The van der Waals surface area contributed by atoms with Crippen LogP contribution in [0.2, 0.25) is 0 Å². The lowest BCUT2D eigenvalue weighted by Gasteiger charge is -2.35. The molecular weight excluding hydrogens is 340 g/mol. The summed E-state index contributed by atoms with van der Waals surface area (Å²) in [6, 6.07) is 7.91. The van der Waals surface area contributed by atoms with E-state index in [9.17, 15) is 4.79 Å². The molecule has 1 aliphatic heterocycles. The van der Waals surface area contributed by atoms with Crippen LogP contribution in [-0.4, -0.2) is 53.6 Å². The molecule has 7 heteroatoms. The topological polar surface area (TPSA) is 73.4 Å². The van der Waals surface area contributed by atoms with Gasteiger partial charge >= 0.3 is 6.03 Å². The average Bonchev–Trinajstić information content (AvgIpc) is 2.65. The fraction of sp³-hybridized carbons (Fsp3) is 0.450. The Morgan fingerprint density at radius 1 is 1.04 bits per heavy atom. The summed E-state index contributed by atoms with van der Waals surface area (Å²) >= 11 is 0. The normalized spacial score (nSPS) is 14.2. The van der Waals surface area contributed by atoms with E-state index in [1.54, 1.807) is 0 Å². The van der Waals surface area contributed by atoms with Crippen LogP contribution in [0.4, 0.5) is 22.1 Å². The minimum Gasteiger partial charge on any atom is -0.370 e. The third-order valence-electron chi connectivity index (χ3n) is 4.83. The molecule has 2 N–H and O–H groups in total. The number of aryl methyl sites for hydroxylation is 3. The zero-order valence-corrected chi connectivity index (χ0v) is 16.5. The average molecular weight is 368 g/mol. The molecule has 2 heterocycles. The maximum absolute atomic E-state index is 12.6. The monoisotopic (exact) mass is 368 g/mol. The van der Waals surface area contributed by atoms with Gasteiger partial charge in [0.2, 0.25) is 0 Å². The molecule has 0 radical (unpaired) electrons. The highest BCUT2D eigenvalue weighted by molar-refractivity contribution is 5.89. The van der Waals surface area contributed by atoms with Gasteiger partial charge in [-0.05, 0) is 51.0 Å². The zero-order chi connectivity index (χ0) is 19.4. The molecule has 0 unspecified atom stereocenters. The van der Waals surface area contributed by atoms with E-state index in [1.807, 2.05) is 43.0 Å². The maximum atomic E-state index is 12.6. The summed E-state index contributed by atoms with van der Waals surface area (Å²) in [7, 11) is 0. The molecule has 1 aromatic carbocycles. The van der Waals surface area contributed by atoms with Crippen LogP contribution in [0.5, 0.6) is 0 Å². The van der Waals surface area contributed by atoms with Crippen molar-refractivity contribution in [2.24, 2.45) is 0 Å². The number of carbonyl (C=O) groups excluding carboxylic acids is 1. The first-order valence-corrected chi connectivity index (χ1v) is 9.44. The second-order valence-electron chi connectivity index (χ2n) is 6.89. The molecule has 0 aliphatic carbocycles. The van der Waals surface area contributed by atoms with E-state index in [4.69, 9.17) is 0 Å². The summed E-state index contributed by atoms with van der Waals surface area (Å²) in [5.41, 5.74) is 3.24. The Hall–Kier alpha value is -2.83. The molecule has 0 bridgehead atoms. The molecule has 1 aliphatic rings. The van der Waals surface area contributed by atoms with Crippen molar-refractivity contribution in [3.63, 3.8) is 0 Å². The molecule has 1 saturated heterocycles. The third kappa shape index (κ3) is 4.67. The molecule has 1 fully saturated rings. The first kappa shape index (κ1) is 18.9. The molecule has 1 aromatic heterocycles. The van der Waals surface area contributed by atoms with Crippen molar-refractivity contribution in [3.05, 3.63) is 41.2 Å². The molecule has 27 heavy (non-hydrogen) atoms. The highest BCUT2D eigenvalue weighted by atomic mass is 16.2. The lowest BCUT2D eigenvalue weighted by Crippen LogP contribution is -2.50. The molecule has 3 rings (SSSR count). The molecule has 0 spiro atoms. The summed E-state index contributed by atoms with van der Waals surface area (Å²) < 4.78 is 0. The number of amides is 2. The SMILES string of the molecule is CCNc1cc(N2CCN(C(=O)Nc3ccc(C)c(C)c3)CC2)nc(C)n1. The predicted molar refractivity (Wildman–Crippen MR) is 110 cm³/mol. The highest BCUT2D eigenvalue weighted by Crippen LogP contribution is 2.19. The Kier molecular flexibility index (Phi) is 5.78. The van der Waals surface area contributed by atoms with Crippen molar-refractivity contribution in [2.45, 2.75) is 27.7 Å². The lowest BCUT2D eigenvalue weighted by molar-refractivity contribution is 0.208. The van der Waals surface area contributed by atoms with Gasteiger partial charge in [-0.1, -0.05) is 6.07 Å². The van der Waals surface area contributed by atoms with Gasteiger partial charge in [0, 0.05) is 44.5 Å². The Bertz CT molecular complexity index is 814. The fourth-order valence-electron chi connectivity index (χ4n) is 3.15. The Morgan fingerprint density at radius 2 is 1.78 bits per heavy atom. The number of hydrogen-bond donors (Lipinski definition) is 2. The van der Waals surface area contributed by atoms with Crippen molar-refractivity contribution in [1.82, 2.24) is 14.9 Å². The number of hydrogen-bond acceptors (Lipinski definition) is 5. The number of benzene rings is 1. The van der Waals surface area contributed by atoms with E-state index in [0.29, 0.717) is 13.1 Å². The molecule has 0 saturated carbocycles. The van der Waals surface area contributed by atoms with E-state index in [1.165, 1.54) is 11.1 Å². The van der Waals surface area contributed by atoms with Crippen LogP contribution in [0, 0.1) is 20.8 Å². The predicted octanol–water partition coefficient (Wildman–Crippen LogP) is 3.19. The second kappa shape index (κ2) is 8.24. The zero-order valence-electron chi connectivity index (χ0n) is 16.5. The van der Waals surface area contributed by atoms with Crippen LogP contribution in [0.25, 0.3) is 0 Å². The number of rotatable bonds is 4. The van der Waals surface area contributed by atoms with E-state index in [2.05, 4.69) is 39.3 Å². The van der Waals surface area contributed by atoms with Crippen LogP contribution in [0.1, 0.15) is 23.9 Å². The van der Waals surface area contributed by atoms with E-state index in [0.717, 1.165) is 42.8 Å².